The molecule has 92 valence electrons. The van der Waals surface area contributed by atoms with E-state index in [0.717, 1.165) is 5.56 Å². The van der Waals surface area contributed by atoms with Gasteiger partial charge < -0.3 is 9.47 Å². The van der Waals surface area contributed by atoms with Crippen molar-refractivity contribution in [2.45, 2.75) is 13.0 Å². The lowest BCUT2D eigenvalue weighted by Gasteiger charge is -2.27. The summed E-state index contributed by atoms with van der Waals surface area (Å²) < 4.78 is 11.1. The van der Waals surface area contributed by atoms with Gasteiger partial charge in [0.2, 0.25) is 0 Å². The lowest BCUT2D eigenvalue weighted by atomic mass is 10.1. The topological polar surface area (TPSA) is 35.5 Å². The smallest absolute Gasteiger partial charge is 0.191 e. The SMILES string of the molecule is Cc1c(Cl)c(Cl)cc2c1OCC(C(=O)CBr)O2. The normalized spacial score (nSPS) is 18.0. The molecule has 0 N–H and O–H groups in total. The van der Waals surface area contributed by atoms with E-state index in [0.29, 0.717) is 21.5 Å². The second kappa shape index (κ2) is 5.04. The number of benzene rings is 1. The molecular weight excluding hydrogens is 331 g/mol. The Kier molecular flexibility index (Phi) is 3.85. The summed E-state index contributed by atoms with van der Waals surface area (Å²) in [6.07, 6.45) is -0.599. The number of Topliss-reactive ketones (excluding diaryl/α,β-unsaturated/α-hetero) is 1. The van der Waals surface area contributed by atoms with Gasteiger partial charge in [0.15, 0.2) is 23.4 Å². The predicted octanol–water partition coefficient (Wildman–Crippen LogP) is 3.41. The summed E-state index contributed by atoms with van der Waals surface area (Å²) in [5.74, 6) is 0.944. The summed E-state index contributed by atoms with van der Waals surface area (Å²) in [6, 6.07) is 1.57. The van der Waals surface area contributed by atoms with E-state index in [2.05, 4.69) is 15.9 Å². The Hall–Kier alpha value is -0.450. The number of alkyl halides is 1. The van der Waals surface area contributed by atoms with E-state index in [-0.39, 0.29) is 17.7 Å². The van der Waals surface area contributed by atoms with Gasteiger partial charge in [-0.05, 0) is 6.92 Å². The van der Waals surface area contributed by atoms with E-state index in [1.165, 1.54) is 0 Å². The van der Waals surface area contributed by atoms with Crippen LogP contribution in [0, 0.1) is 6.92 Å². The van der Waals surface area contributed by atoms with Gasteiger partial charge in [-0.1, -0.05) is 39.1 Å². The van der Waals surface area contributed by atoms with Crippen molar-refractivity contribution in [3.8, 4) is 11.5 Å². The van der Waals surface area contributed by atoms with Crippen molar-refractivity contribution in [3.63, 3.8) is 0 Å². The molecule has 0 saturated carbocycles. The number of hydrogen-bond acceptors (Lipinski definition) is 3. The zero-order valence-corrected chi connectivity index (χ0v) is 12.0. The molecule has 0 radical (unpaired) electrons. The Bertz CT molecular complexity index is 476. The molecule has 1 heterocycles. The highest BCUT2D eigenvalue weighted by molar-refractivity contribution is 9.09. The van der Waals surface area contributed by atoms with Crippen LogP contribution in [0.2, 0.25) is 10.0 Å². The van der Waals surface area contributed by atoms with Gasteiger partial charge in [0.1, 0.15) is 6.61 Å². The highest BCUT2D eigenvalue weighted by Gasteiger charge is 2.29. The fourth-order valence-corrected chi connectivity index (χ4v) is 2.31. The van der Waals surface area contributed by atoms with Gasteiger partial charge in [0.05, 0.1) is 15.4 Å². The molecule has 1 aliphatic rings. The van der Waals surface area contributed by atoms with Crippen LogP contribution in [0.5, 0.6) is 11.5 Å². The average molecular weight is 340 g/mol. The molecule has 1 atom stereocenters. The van der Waals surface area contributed by atoms with Crippen molar-refractivity contribution in [1.82, 2.24) is 0 Å². The van der Waals surface area contributed by atoms with E-state index in [1.54, 1.807) is 13.0 Å². The molecule has 0 amide bonds. The first-order valence-electron chi connectivity index (χ1n) is 4.91. The molecule has 17 heavy (non-hydrogen) atoms. The molecule has 1 aliphatic heterocycles. The van der Waals surface area contributed by atoms with Crippen LogP contribution in [-0.2, 0) is 4.79 Å². The molecule has 1 unspecified atom stereocenters. The maximum absolute atomic E-state index is 11.5. The van der Waals surface area contributed by atoms with Crippen molar-refractivity contribution in [3.05, 3.63) is 21.7 Å². The Morgan fingerprint density at radius 2 is 2.29 bits per heavy atom. The second-order valence-corrected chi connectivity index (χ2v) is 4.99. The first-order chi connectivity index (χ1) is 8.04. The van der Waals surface area contributed by atoms with Crippen LogP contribution >= 0.6 is 39.1 Å². The van der Waals surface area contributed by atoms with Crippen LogP contribution in [0.25, 0.3) is 0 Å². The van der Waals surface area contributed by atoms with Crippen LogP contribution in [0.1, 0.15) is 5.56 Å². The van der Waals surface area contributed by atoms with E-state index < -0.39 is 6.10 Å². The van der Waals surface area contributed by atoms with Crippen LogP contribution in [0.3, 0.4) is 0 Å². The maximum atomic E-state index is 11.5. The van der Waals surface area contributed by atoms with Crippen molar-refractivity contribution in [1.29, 1.82) is 0 Å². The summed E-state index contributed by atoms with van der Waals surface area (Å²) >= 11 is 15.0. The number of ether oxygens (including phenoxy) is 2. The fourth-order valence-electron chi connectivity index (χ4n) is 1.57. The minimum atomic E-state index is -0.599. The summed E-state index contributed by atoms with van der Waals surface area (Å²) in [4.78, 5) is 11.5. The monoisotopic (exact) mass is 338 g/mol. The summed E-state index contributed by atoms with van der Waals surface area (Å²) in [6.45, 7) is 1.99. The third-order valence-electron chi connectivity index (χ3n) is 2.50. The predicted molar refractivity (Wildman–Crippen MR) is 69.9 cm³/mol. The first kappa shape index (κ1) is 13.0. The van der Waals surface area contributed by atoms with Crippen LogP contribution < -0.4 is 9.47 Å². The van der Waals surface area contributed by atoms with Crippen LogP contribution in [0.15, 0.2) is 6.07 Å². The summed E-state index contributed by atoms with van der Waals surface area (Å²) in [5, 5.41) is 1.06. The highest BCUT2D eigenvalue weighted by atomic mass is 79.9. The van der Waals surface area contributed by atoms with Gasteiger partial charge in [-0.15, -0.1) is 0 Å². The zero-order valence-electron chi connectivity index (χ0n) is 8.93. The minimum Gasteiger partial charge on any atom is -0.485 e. The van der Waals surface area contributed by atoms with Gasteiger partial charge in [-0.3, -0.25) is 4.79 Å². The standard InChI is InChI=1S/C11H9BrCl2O3/c1-5-10(14)6(13)2-8-11(5)16-4-9(17-8)7(15)3-12/h2,9H,3-4H2,1H3. The minimum absolute atomic E-state index is 0.0700. The van der Waals surface area contributed by atoms with Gasteiger partial charge in [-0.25, -0.2) is 0 Å². The summed E-state index contributed by atoms with van der Waals surface area (Å²) in [5.41, 5.74) is 0.721. The Morgan fingerprint density at radius 1 is 1.59 bits per heavy atom. The third-order valence-corrected chi connectivity index (χ3v) is 3.93. The molecular formula is C11H9BrCl2O3. The second-order valence-electron chi connectivity index (χ2n) is 3.64. The molecule has 0 aliphatic carbocycles. The molecule has 0 saturated heterocycles. The molecule has 2 rings (SSSR count). The number of rotatable bonds is 2. The summed E-state index contributed by atoms with van der Waals surface area (Å²) in [7, 11) is 0. The molecule has 0 fully saturated rings. The number of ketones is 1. The molecule has 1 aromatic carbocycles. The molecule has 0 spiro atoms. The van der Waals surface area contributed by atoms with E-state index in [4.69, 9.17) is 32.7 Å². The molecule has 0 bridgehead atoms. The lowest BCUT2D eigenvalue weighted by Crippen LogP contribution is -2.37. The van der Waals surface area contributed by atoms with E-state index >= 15 is 0 Å². The lowest BCUT2D eigenvalue weighted by molar-refractivity contribution is -0.125. The number of hydrogen-bond donors (Lipinski definition) is 0. The quantitative estimate of drug-likeness (QED) is 0.774. The van der Waals surface area contributed by atoms with Crippen LogP contribution in [-0.4, -0.2) is 23.8 Å². The Balaban J connectivity index is 2.36. The van der Waals surface area contributed by atoms with Crippen LogP contribution in [0.4, 0.5) is 0 Å². The zero-order chi connectivity index (χ0) is 12.6. The molecule has 6 heteroatoms. The van der Waals surface area contributed by atoms with Gasteiger partial charge >= 0.3 is 0 Å². The highest BCUT2D eigenvalue weighted by Crippen LogP contribution is 2.42. The van der Waals surface area contributed by atoms with E-state index in [1.807, 2.05) is 0 Å². The maximum Gasteiger partial charge on any atom is 0.191 e. The number of fused-ring (bicyclic) bond motifs is 1. The van der Waals surface area contributed by atoms with E-state index in [9.17, 15) is 4.79 Å². The molecule has 3 nitrogen and oxygen atoms in total. The number of carbonyl (C=O) groups excluding carboxylic acids is 1. The number of carbonyl (C=O) groups is 1. The van der Waals surface area contributed by atoms with Gasteiger partial charge in [-0.2, -0.15) is 0 Å². The Labute approximate surface area is 117 Å². The van der Waals surface area contributed by atoms with Crippen molar-refractivity contribution < 1.29 is 14.3 Å². The average Bonchev–Trinajstić information content (AvgIpc) is 2.34. The first-order valence-corrected chi connectivity index (χ1v) is 6.79. The molecule has 1 aromatic rings. The Morgan fingerprint density at radius 3 is 2.94 bits per heavy atom. The fraction of sp³-hybridized carbons (Fsp3) is 0.364. The third kappa shape index (κ3) is 2.39. The largest absolute Gasteiger partial charge is 0.485 e. The van der Waals surface area contributed by atoms with Gasteiger partial charge in [0.25, 0.3) is 0 Å². The van der Waals surface area contributed by atoms with Crippen molar-refractivity contribution in [2.75, 3.05) is 11.9 Å². The molecule has 0 aromatic heterocycles. The van der Waals surface area contributed by atoms with Crippen molar-refractivity contribution in [2.24, 2.45) is 0 Å². The van der Waals surface area contributed by atoms with Gasteiger partial charge in [0, 0.05) is 11.6 Å². The number of halogens is 3. The van der Waals surface area contributed by atoms with Crippen molar-refractivity contribution >= 4 is 44.9 Å².